The van der Waals surface area contributed by atoms with Gasteiger partial charge < -0.3 is 9.64 Å². The normalized spacial score (nSPS) is 26.8. The van der Waals surface area contributed by atoms with Crippen molar-refractivity contribution in [1.82, 2.24) is 15.8 Å². The molecule has 4 unspecified atom stereocenters. The molecule has 2 aromatic carbocycles. The molecule has 2 aromatic rings. The van der Waals surface area contributed by atoms with Gasteiger partial charge in [0.2, 0.25) is 5.91 Å². The van der Waals surface area contributed by atoms with Gasteiger partial charge in [-0.2, -0.15) is 0 Å². The van der Waals surface area contributed by atoms with E-state index in [1.165, 1.54) is 11.1 Å². The predicted octanol–water partition coefficient (Wildman–Crippen LogP) is 3.22. The zero-order chi connectivity index (χ0) is 19.5. The lowest BCUT2D eigenvalue weighted by Crippen LogP contribution is -2.41. The second-order valence-electron chi connectivity index (χ2n) is 7.89. The van der Waals surface area contributed by atoms with Crippen molar-refractivity contribution in [2.24, 2.45) is 5.92 Å². The maximum absolute atomic E-state index is 13.3. The van der Waals surface area contributed by atoms with E-state index in [0.717, 1.165) is 6.42 Å². The first-order chi connectivity index (χ1) is 13.7. The summed E-state index contributed by atoms with van der Waals surface area (Å²) in [4.78, 5) is 15.3. The molecule has 0 bridgehead atoms. The van der Waals surface area contributed by atoms with E-state index in [-0.39, 0.29) is 36.1 Å². The number of nitrogens with zero attached hydrogens (tertiary/aromatic N) is 1. The van der Waals surface area contributed by atoms with Gasteiger partial charge in [-0.3, -0.25) is 4.79 Å². The third kappa shape index (κ3) is 3.70. The summed E-state index contributed by atoms with van der Waals surface area (Å²) >= 11 is 0. The van der Waals surface area contributed by atoms with E-state index in [9.17, 15) is 4.79 Å². The van der Waals surface area contributed by atoms with Crippen LogP contribution in [0.1, 0.15) is 43.5 Å². The van der Waals surface area contributed by atoms with Crippen molar-refractivity contribution >= 4 is 5.91 Å². The highest BCUT2D eigenvalue weighted by atomic mass is 16.5. The molecule has 0 spiro atoms. The monoisotopic (exact) mass is 379 g/mol. The van der Waals surface area contributed by atoms with Crippen LogP contribution >= 0.6 is 0 Å². The van der Waals surface area contributed by atoms with Gasteiger partial charge in [0.25, 0.3) is 0 Å². The molecule has 148 valence electrons. The van der Waals surface area contributed by atoms with E-state index < -0.39 is 0 Å². The van der Waals surface area contributed by atoms with Crippen LogP contribution in [0.2, 0.25) is 0 Å². The van der Waals surface area contributed by atoms with Gasteiger partial charge in [0.1, 0.15) is 6.04 Å². The van der Waals surface area contributed by atoms with E-state index >= 15 is 0 Å². The summed E-state index contributed by atoms with van der Waals surface area (Å²) in [7, 11) is 0. The molecule has 0 radical (unpaired) electrons. The van der Waals surface area contributed by atoms with Crippen LogP contribution in [-0.4, -0.2) is 36.1 Å². The largest absolute Gasteiger partial charge is 0.379 e. The number of fused-ring (bicyclic) bond motifs is 1. The highest BCUT2D eigenvalue weighted by Crippen LogP contribution is 2.47. The van der Waals surface area contributed by atoms with Crippen molar-refractivity contribution in [3.05, 3.63) is 71.8 Å². The minimum Gasteiger partial charge on any atom is -0.379 e. The molecule has 2 saturated heterocycles. The molecular formula is C23H29N3O2. The van der Waals surface area contributed by atoms with Crippen molar-refractivity contribution < 1.29 is 9.53 Å². The van der Waals surface area contributed by atoms with Crippen molar-refractivity contribution in [2.75, 3.05) is 13.2 Å². The highest BCUT2D eigenvalue weighted by molar-refractivity contribution is 5.86. The van der Waals surface area contributed by atoms with Gasteiger partial charge in [-0.1, -0.05) is 60.7 Å². The standard InChI is InChI=1S/C23H29N3O2/c1-16(2)28-15-9-14-26-22(18-12-7-4-8-13-18)19-20(17-10-5-3-6-11-17)24-25-21(19)23(26)27/h3-8,10-13,16,19-22,24-25H,9,14-15H2,1-2H3. The number of benzene rings is 2. The smallest absolute Gasteiger partial charge is 0.242 e. The van der Waals surface area contributed by atoms with E-state index in [0.29, 0.717) is 13.2 Å². The lowest BCUT2D eigenvalue weighted by atomic mass is 9.83. The van der Waals surface area contributed by atoms with Crippen LogP contribution < -0.4 is 10.9 Å². The summed E-state index contributed by atoms with van der Waals surface area (Å²) in [6, 6.07) is 20.7. The SMILES string of the molecule is CC(C)OCCCN1C(=O)C2NNC(c3ccccc3)C2C1c1ccccc1. The van der Waals surface area contributed by atoms with E-state index in [2.05, 4.69) is 64.3 Å². The van der Waals surface area contributed by atoms with Gasteiger partial charge in [0.15, 0.2) is 0 Å². The molecule has 0 saturated carbocycles. The summed E-state index contributed by atoms with van der Waals surface area (Å²) in [5.41, 5.74) is 9.07. The number of rotatable bonds is 7. The number of hydrogen-bond acceptors (Lipinski definition) is 4. The Bertz CT molecular complexity index is 781. The summed E-state index contributed by atoms with van der Waals surface area (Å²) in [5.74, 6) is 0.317. The quantitative estimate of drug-likeness (QED) is 0.726. The fraction of sp³-hybridized carbons (Fsp3) is 0.435. The Morgan fingerprint density at radius 2 is 1.54 bits per heavy atom. The average Bonchev–Trinajstić information content (AvgIpc) is 3.26. The Hall–Kier alpha value is -2.21. The van der Waals surface area contributed by atoms with Crippen LogP contribution in [0.25, 0.3) is 0 Å². The zero-order valence-corrected chi connectivity index (χ0v) is 16.5. The molecule has 5 heteroatoms. The number of carbonyl (C=O) groups excluding carboxylic acids is 1. The minimum atomic E-state index is -0.207. The van der Waals surface area contributed by atoms with Gasteiger partial charge in [-0.15, -0.1) is 0 Å². The number of amides is 1. The number of ether oxygens (including phenoxy) is 1. The van der Waals surface area contributed by atoms with Gasteiger partial charge in [-0.05, 0) is 31.4 Å². The average molecular weight is 380 g/mol. The Balaban J connectivity index is 1.61. The Morgan fingerprint density at radius 3 is 2.18 bits per heavy atom. The second-order valence-corrected chi connectivity index (χ2v) is 7.89. The van der Waals surface area contributed by atoms with Crippen LogP contribution in [0.3, 0.4) is 0 Å². The number of hydrogen-bond donors (Lipinski definition) is 2. The van der Waals surface area contributed by atoms with Crippen LogP contribution in [0.4, 0.5) is 0 Å². The van der Waals surface area contributed by atoms with Gasteiger partial charge >= 0.3 is 0 Å². The lowest BCUT2D eigenvalue weighted by Gasteiger charge is -2.31. The third-order valence-electron chi connectivity index (χ3n) is 5.71. The van der Waals surface area contributed by atoms with Crippen LogP contribution in [0, 0.1) is 5.92 Å². The molecule has 2 aliphatic rings. The number of carbonyl (C=O) groups is 1. The molecule has 0 aromatic heterocycles. The first-order valence-corrected chi connectivity index (χ1v) is 10.2. The minimum absolute atomic E-state index is 0.0467. The van der Waals surface area contributed by atoms with Gasteiger partial charge in [-0.25, -0.2) is 10.9 Å². The van der Waals surface area contributed by atoms with Crippen molar-refractivity contribution in [3.8, 4) is 0 Å². The molecule has 4 atom stereocenters. The molecule has 28 heavy (non-hydrogen) atoms. The van der Waals surface area contributed by atoms with E-state index in [4.69, 9.17) is 4.74 Å². The molecule has 2 N–H and O–H groups in total. The van der Waals surface area contributed by atoms with Gasteiger partial charge in [0, 0.05) is 19.1 Å². The highest BCUT2D eigenvalue weighted by Gasteiger charge is 2.55. The first kappa shape index (κ1) is 19.1. The van der Waals surface area contributed by atoms with Gasteiger partial charge in [0.05, 0.1) is 18.2 Å². The fourth-order valence-corrected chi connectivity index (χ4v) is 4.50. The third-order valence-corrected chi connectivity index (χ3v) is 5.71. The molecule has 2 heterocycles. The topological polar surface area (TPSA) is 53.6 Å². The summed E-state index contributed by atoms with van der Waals surface area (Å²) < 4.78 is 5.70. The molecule has 4 rings (SSSR count). The van der Waals surface area contributed by atoms with Crippen LogP contribution in [0.15, 0.2) is 60.7 Å². The maximum Gasteiger partial charge on any atom is 0.242 e. The second kappa shape index (κ2) is 8.43. The number of likely N-dealkylation sites (tertiary alicyclic amines) is 1. The Kier molecular flexibility index (Phi) is 5.76. The van der Waals surface area contributed by atoms with Crippen molar-refractivity contribution in [2.45, 2.75) is 44.5 Å². The van der Waals surface area contributed by atoms with Crippen molar-refractivity contribution in [1.29, 1.82) is 0 Å². The molecule has 2 aliphatic heterocycles. The maximum atomic E-state index is 13.3. The molecular weight excluding hydrogens is 350 g/mol. The zero-order valence-electron chi connectivity index (χ0n) is 16.5. The summed E-state index contributed by atoms with van der Waals surface area (Å²) in [5, 5.41) is 0. The van der Waals surface area contributed by atoms with E-state index in [1.807, 2.05) is 26.0 Å². The molecule has 0 aliphatic carbocycles. The van der Waals surface area contributed by atoms with Crippen LogP contribution in [0.5, 0.6) is 0 Å². The lowest BCUT2D eigenvalue weighted by molar-refractivity contribution is -0.131. The first-order valence-electron chi connectivity index (χ1n) is 10.2. The Labute approximate surface area is 167 Å². The Morgan fingerprint density at radius 1 is 0.929 bits per heavy atom. The fourth-order valence-electron chi connectivity index (χ4n) is 4.50. The predicted molar refractivity (Wildman–Crippen MR) is 109 cm³/mol. The number of nitrogens with one attached hydrogen (secondary N) is 2. The molecule has 5 nitrogen and oxygen atoms in total. The summed E-state index contributed by atoms with van der Waals surface area (Å²) in [6.07, 6.45) is 1.06. The van der Waals surface area contributed by atoms with Crippen LogP contribution in [-0.2, 0) is 9.53 Å². The van der Waals surface area contributed by atoms with Crippen molar-refractivity contribution in [3.63, 3.8) is 0 Å². The summed E-state index contributed by atoms with van der Waals surface area (Å²) in [6.45, 7) is 5.46. The molecule has 1 amide bonds. The molecule has 2 fully saturated rings. The van der Waals surface area contributed by atoms with E-state index in [1.54, 1.807) is 0 Å². The number of hydrazine groups is 1.